The molecule has 0 aromatic heterocycles. The molecule has 0 bridgehead atoms. The van der Waals surface area contributed by atoms with Crippen molar-refractivity contribution in [3.8, 4) is 0 Å². The second-order valence-corrected chi connectivity index (χ2v) is 6.82. The molecule has 1 saturated carbocycles. The predicted octanol–water partition coefficient (Wildman–Crippen LogP) is 2.01. The molecule has 1 aliphatic heterocycles. The fraction of sp³-hybridized carbons (Fsp3) is 0.750. The van der Waals surface area contributed by atoms with Crippen LogP contribution < -0.4 is 17.0 Å². The van der Waals surface area contributed by atoms with Gasteiger partial charge in [-0.2, -0.15) is 4.91 Å². The highest BCUT2D eigenvalue weighted by molar-refractivity contribution is 8.13. The number of nitroso groups, excluding NO2 is 1. The topological polar surface area (TPSA) is 134 Å². The van der Waals surface area contributed by atoms with Crippen LogP contribution in [0.5, 0.6) is 0 Å². The van der Waals surface area contributed by atoms with Crippen molar-refractivity contribution in [2.45, 2.75) is 50.2 Å². The van der Waals surface area contributed by atoms with Gasteiger partial charge < -0.3 is 11.2 Å². The second kappa shape index (κ2) is 8.46. The van der Waals surface area contributed by atoms with E-state index in [1.54, 1.807) is 16.8 Å². The van der Waals surface area contributed by atoms with Gasteiger partial charge in [0.2, 0.25) is 0 Å². The van der Waals surface area contributed by atoms with Gasteiger partial charge in [0.25, 0.3) is 0 Å². The highest BCUT2D eigenvalue weighted by Gasteiger charge is 2.34. The Bertz CT molecular complexity index is 525. The Morgan fingerprint density at radius 2 is 2.30 bits per heavy atom. The van der Waals surface area contributed by atoms with Crippen molar-refractivity contribution in [3.63, 3.8) is 0 Å². The maximum Gasteiger partial charge on any atom is 0.174 e. The number of hydrogen-bond acceptors (Lipinski definition) is 9. The number of hydrazine groups is 1. The molecular formula is C12H21ClN8OS. The van der Waals surface area contributed by atoms with Gasteiger partial charge in [0.15, 0.2) is 10.7 Å². The Morgan fingerprint density at radius 1 is 1.52 bits per heavy atom. The Morgan fingerprint density at radius 3 is 2.91 bits per heavy atom. The SMILES string of the molecule is CCCSC1=NC(Cl)C(N=NN)=C(N(N)[C@H]2CC[C@@H](N=O)C2)N1. The minimum absolute atomic E-state index is 0.0254. The summed E-state index contributed by atoms with van der Waals surface area (Å²) in [5.74, 6) is 12.8. The molecule has 0 aromatic rings. The lowest BCUT2D eigenvalue weighted by Crippen LogP contribution is -2.47. The summed E-state index contributed by atoms with van der Waals surface area (Å²) in [7, 11) is 0. The normalized spacial score (nSPS) is 28.0. The smallest absolute Gasteiger partial charge is 0.174 e. The second-order valence-electron chi connectivity index (χ2n) is 5.33. The molecule has 9 nitrogen and oxygen atoms in total. The first kappa shape index (κ1) is 18.0. The number of rotatable bonds is 6. The molecule has 3 atom stereocenters. The van der Waals surface area contributed by atoms with Gasteiger partial charge in [0, 0.05) is 11.8 Å². The maximum absolute atomic E-state index is 10.7. The summed E-state index contributed by atoms with van der Waals surface area (Å²) >= 11 is 7.83. The van der Waals surface area contributed by atoms with Gasteiger partial charge in [0.1, 0.15) is 11.5 Å². The summed E-state index contributed by atoms with van der Waals surface area (Å²) in [5, 5.41) is 15.6. The van der Waals surface area contributed by atoms with E-state index in [9.17, 15) is 4.91 Å². The molecule has 0 aromatic carbocycles. The van der Waals surface area contributed by atoms with Crippen molar-refractivity contribution in [2.75, 3.05) is 5.75 Å². The fourth-order valence-corrected chi connectivity index (χ4v) is 3.61. The van der Waals surface area contributed by atoms with Gasteiger partial charge in [-0.3, -0.25) is 5.01 Å². The minimum atomic E-state index is -0.717. The average Bonchev–Trinajstić information content (AvgIpc) is 3.03. The monoisotopic (exact) mass is 360 g/mol. The molecule has 0 spiro atoms. The lowest BCUT2D eigenvalue weighted by Gasteiger charge is -2.32. The molecule has 2 aliphatic rings. The molecular weight excluding hydrogens is 340 g/mol. The molecule has 1 unspecified atom stereocenters. The average molecular weight is 361 g/mol. The van der Waals surface area contributed by atoms with E-state index in [4.69, 9.17) is 23.3 Å². The van der Waals surface area contributed by atoms with Crippen LogP contribution in [0.4, 0.5) is 0 Å². The van der Waals surface area contributed by atoms with Gasteiger partial charge in [-0.25, -0.2) is 10.8 Å². The summed E-state index contributed by atoms with van der Waals surface area (Å²) in [6, 6.07) is -0.230. The zero-order chi connectivity index (χ0) is 16.8. The van der Waals surface area contributed by atoms with Crippen LogP contribution in [0, 0.1) is 4.91 Å². The molecule has 1 fully saturated rings. The van der Waals surface area contributed by atoms with Crippen LogP contribution in [0.3, 0.4) is 0 Å². The quantitative estimate of drug-likeness (QED) is 0.166. The Balaban J connectivity index is 2.19. The number of hydrogen-bond donors (Lipinski definition) is 3. The van der Waals surface area contributed by atoms with Gasteiger partial charge in [0.05, 0.1) is 6.04 Å². The third-order valence-electron chi connectivity index (χ3n) is 3.71. The van der Waals surface area contributed by atoms with Crippen LogP contribution in [0.25, 0.3) is 0 Å². The first-order valence-corrected chi connectivity index (χ1v) is 8.86. The van der Waals surface area contributed by atoms with Crippen molar-refractivity contribution < 1.29 is 0 Å². The van der Waals surface area contributed by atoms with Gasteiger partial charge in [-0.15, -0.1) is 5.11 Å². The van der Waals surface area contributed by atoms with Gasteiger partial charge in [-0.1, -0.05) is 40.7 Å². The number of alkyl halides is 1. The molecule has 23 heavy (non-hydrogen) atoms. The molecule has 1 heterocycles. The lowest BCUT2D eigenvalue weighted by molar-refractivity contribution is 0.246. The Labute approximate surface area is 143 Å². The largest absolute Gasteiger partial charge is 0.319 e. The van der Waals surface area contributed by atoms with Crippen molar-refractivity contribution in [1.29, 1.82) is 0 Å². The highest BCUT2D eigenvalue weighted by atomic mass is 35.5. The van der Waals surface area contributed by atoms with Crippen molar-refractivity contribution >= 4 is 28.5 Å². The van der Waals surface area contributed by atoms with Gasteiger partial charge >= 0.3 is 0 Å². The molecule has 128 valence electrons. The van der Waals surface area contributed by atoms with Crippen LogP contribution in [0.2, 0.25) is 0 Å². The number of nitrogens with two attached hydrogens (primary N) is 2. The van der Waals surface area contributed by atoms with Gasteiger partial charge in [-0.05, 0) is 25.7 Å². The fourth-order valence-electron chi connectivity index (χ4n) is 2.57. The number of amidine groups is 1. The Hall–Kier alpha value is -1.39. The molecule has 1 aliphatic carbocycles. The molecule has 2 rings (SSSR count). The molecule has 0 radical (unpaired) electrons. The van der Waals surface area contributed by atoms with Crippen LogP contribution >= 0.6 is 23.4 Å². The minimum Gasteiger partial charge on any atom is -0.319 e. The summed E-state index contributed by atoms with van der Waals surface area (Å²) < 4.78 is 0. The number of nitrogens with one attached hydrogen (secondary N) is 1. The Kier molecular flexibility index (Phi) is 6.60. The van der Waals surface area contributed by atoms with E-state index in [0.717, 1.165) is 25.0 Å². The maximum atomic E-state index is 10.7. The number of aliphatic imine (C=N–C) groups is 1. The standard InChI is InChI=1S/C12H21ClN8OS/c1-2-5-23-12-16-10(13)9(18-20-14)11(17-12)21(15)8-4-3-7(6-8)19-22/h7-8,10H,2-6,15H2,1H3,(H2,14,18)(H,16,17)/t7-,8+,10?/m1/s1. The van der Waals surface area contributed by atoms with E-state index in [0.29, 0.717) is 23.1 Å². The first-order chi connectivity index (χ1) is 11.1. The number of thioether (sulfide) groups is 1. The molecule has 11 heteroatoms. The third-order valence-corrected chi connectivity index (χ3v) is 5.11. The zero-order valence-electron chi connectivity index (χ0n) is 12.9. The lowest BCUT2D eigenvalue weighted by atomic mass is 10.2. The van der Waals surface area contributed by atoms with Crippen LogP contribution in [-0.4, -0.2) is 33.5 Å². The van der Waals surface area contributed by atoms with E-state index in [-0.39, 0.29) is 12.1 Å². The zero-order valence-corrected chi connectivity index (χ0v) is 14.4. The van der Waals surface area contributed by atoms with E-state index in [1.165, 1.54) is 0 Å². The van der Waals surface area contributed by atoms with Crippen LogP contribution in [-0.2, 0) is 0 Å². The first-order valence-electron chi connectivity index (χ1n) is 7.43. The summed E-state index contributed by atoms with van der Waals surface area (Å²) in [4.78, 5) is 15.0. The number of nitrogens with zero attached hydrogens (tertiary/aromatic N) is 5. The highest BCUT2D eigenvalue weighted by Crippen LogP contribution is 2.30. The summed E-state index contributed by atoms with van der Waals surface area (Å²) in [5.41, 5.74) is -0.356. The van der Waals surface area contributed by atoms with Crippen molar-refractivity contribution in [1.82, 2.24) is 10.3 Å². The van der Waals surface area contributed by atoms with E-state index in [1.807, 2.05) is 0 Å². The molecule has 5 N–H and O–H groups in total. The summed E-state index contributed by atoms with van der Waals surface area (Å²) in [6.07, 6.45) is 3.10. The summed E-state index contributed by atoms with van der Waals surface area (Å²) in [6.45, 7) is 2.08. The molecule has 0 amide bonds. The van der Waals surface area contributed by atoms with E-state index >= 15 is 0 Å². The number of halogens is 1. The van der Waals surface area contributed by atoms with E-state index in [2.05, 4.69) is 32.7 Å². The van der Waals surface area contributed by atoms with Crippen LogP contribution in [0.15, 0.2) is 32.0 Å². The predicted molar refractivity (Wildman–Crippen MR) is 92.3 cm³/mol. The third kappa shape index (κ3) is 4.33. The molecule has 0 saturated heterocycles. The van der Waals surface area contributed by atoms with Crippen LogP contribution in [0.1, 0.15) is 32.6 Å². The van der Waals surface area contributed by atoms with Crippen molar-refractivity contribution in [2.24, 2.45) is 32.2 Å². The van der Waals surface area contributed by atoms with Crippen molar-refractivity contribution in [3.05, 3.63) is 16.4 Å². The van der Waals surface area contributed by atoms with E-state index < -0.39 is 5.50 Å².